The van der Waals surface area contributed by atoms with E-state index in [9.17, 15) is 14.7 Å². The molecule has 0 aliphatic carbocycles. The van der Waals surface area contributed by atoms with Crippen molar-refractivity contribution in [2.45, 2.75) is 38.3 Å². The van der Waals surface area contributed by atoms with Crippen LogP contribution in [0, 0.1) is 5.92 Å². The summed E-state index contributed by atoms with van der Waals surface area (Å²) in [5, 5.41) is 9.96. The smallest absolute Gasteiger partial charge is 0.326 e. The van der Waals surface area contributed by atoms with Crippen molar-refractivity contribution in [2.75, 3.05) is 13.7 Å². The van der Waals surface area contributed by atoms with Crippen molar-refractivity contribution in [2.24, 2.45) is 5.92 Å². The highest BCUT2D eigenvalue weighted by Gasteiger charge is 2.39. The van der Waals surface area contributed by atoms with Gasteiger partial charge in [-0.2, -0.15) is 0 Å². The Morgan fingerprint density at radius 3 is 2.61 bits per heavy atom. The van der Waals surface area contributed by atoms with Gasteiger partial charge in [-0.3, -0.25) is 4.79 Å². The van der Waals surface area contributed by atoms with Gasteiger partial charge in [0.25, 0.3) is 0 Å². The standard InChI is InChI=1S/C17H22ClNO4/c1-11(7-12-3-5-13(18)6-4-12)8-16(20)19-10-14(23-2)9-15(19)17(21)22/h3-6,11,14-15H,7-10H2,1-2H3,(H,21,22). The van der Waals surface area contributed by atoms with E-state index in [2.05, 4.69) is 0 Å². The first-order valence-corrected chi connectivity index (χ1v) is 8.08. The van der Waals surface area contributed by atoms with Crippen molar-refractivity contribution in [3.8, 4) is 0 Å². The van der Waals surface area contributed by atoms with E-state index in [4.69, 9.17) is 16.3 Å². The Morgan fingerprint density at radius 1 is 1.39 bits per heavy atom. The van der Waals surface area contributed by atoms with Crippen LogP contribution in [0.15, 0.2) is 24.3 Å². The summed E-state index contributed by atoms with van der Waals surface area (Å²) in [5.74, 6) is -0.971. The van der Waals surface area contributed by atoms with E-state index in [0.29, 0.717) is 24.4 Å². The highest BCUT2D eigenvalue weighted by atomic mass is 35.5. The van der Waals surface area contributed by atoms with Crippen molar-refractivity contribution in [1.82, 2.24) is 4.90 Å². The molecule has 23 heavy (non-hydrogen) atoms. The van der Waals surface area contributed by atoms with Crippen LogP contribution in [-0.4, -0.2) is 47.7 Å². The molecule has 0 spiro atoms. The Labute approximate surface area is 141 Å². The van der Waals surface area contributed by atoms with E-state index < -0.39 is 12.0 Å². The zero-order valence-electron chi connectivity index (χ0n) is 13.4. The normalized spacial score (nSPS) is 22.1. The number of ether oxygens (including phenoxy) is 1. The second-order valence-electron chi connectivity index (χ2n) is 6.13. The number of carboxylic acids is 1. The summed E-state index contributed by atoms with van der Waals surface area (Å²) in [5.41, 5.74) is 1.11. The zero-order chi connectivity index (χ0) is 17.0. The van der Waals surface area contributed by atoms with Crippen LogP contribution in [0.5, 0.6) is 0 Å². The molecular formula is C17H22ClNO4. The van der Waals surface area contributed by atoms with Crippen LogP contribution in [-0.2, 0) is 20.7 Å². The van der Waals surface area contributed by atoms with Crippen LogP contribution in [0.25, 0.3) is 0 Å². The number of benzene rings is 1. The summed E-state index contributed by atoms with van der Waals surface area (Å²) in [6.45, 7) is 2.34. The van der Waals surface area contributed by atoms with Crippen LogP contribution < -0.4 is 0 Å². The molecule has 1 aromatic rings. The number of aliphatic carboxylic acids is 1. The Hall–Kier alpha value is -1.59. The molecule has 3 atom stereocenters. The number of carboxylic acid groups (broad SMARTS) is 1. The topological polar surface area (TPSA) is 66.8 Å². The van der Waals surface area contributed by atoms with Gasteiger partial charge < -0.3 is 14.7 Å². The third-order valence-corrected chi connectivity index (χ3v) is 4.47. The lowest BCUT2D eigenvalue weighted by Gasteiger charge is -2.23. The van der Waals surface area contributed by atoms with Crippen molar-refractivity contribution in [1.29, 1.82) is 0 Å². The van der Waals surface area contributed by atoms with Crippen LogP contribution in [0.4, 0.5) is 0 Å². The molecule has 126 valence electrons. The number of halogens is 1. The van der Waals surface area contributed by atoms with Gasteiger partial charge in [-0.15, -0.1) is 0 Å². The maximum Gasteiger partial charge on any atom is 0.326 e. The molecule has 1 aromatic carbocycles. The molecule has 5 nitrogen and oxygen atoms in total. The lowest BCUT2D eigenvalue weighted by atomic mass is 9.97. The van der Waals surface area contributed by atoms with Gasteiger partial charge in [-0.25, -0.2) is 4.79 Å². The molecule has 1 fully saturated rings. The Balaban J connectivity index is 1.94. The first-order valence-electron chi connectivity index (χ1n) is 7.70. The SMILES string of the molecule is COC1CC(C(=O)O)N(C(=O)CC(C)Cc2ccc(Cl)cc2)C1. The third kappa shape index (κ3) is 4.69. The molecule has 1 aliphatic rings. The van der Waals surface area contributed by atoms with Crippen molar-refractivity contribution < 1.29 is 19.4 Å². The lowest BCUT2D eigenvalue weighted by Crippen LogP contribution is -2.41. The van der Waals surface area contributed by atoms with Gasteiger partial charge in [0.05, 0.1) is 6.10 Å². The average molecular weight is 340 g/mol. The minimum atomic E-state index is -0.969. The fraction of sp³-hybridized carbons (Fsp3) is 0.529. The summed E-state index contributed by atoms with van der Waals surface area (Å²) in [6.07, 6.45) is 1.22. The summed E-state index contributed by atoms with van der Waals surface area (Å²) in [7, 11) is 1.54. The molecule has 1 aliphatic heterocycles. The Kier molecular flexibility index (Phi) is 6.02. The fourth-order valence-corrected chi connectivity index (χ4v) is 3.11. The van der Waals surface area contributed by atoms with E-state index in [1.165, 1.54) is 4.90 Å². The molecule has 0 bridgehead atoms. The maximum absolute atomic E-state index is 12.5. The number of hydrogen-bond donors (Lipinski definition) is 1. The summed E-state index contributed by atoms with van der Waals surface area (Å²) < 4.78 is 5.21. The number of likely N-dealkylation sites (tertiary alicyclic amines) is 1. The average Bonchev–Trinajstić information content (AvgIpc) is 2.94. The van der Waals surface area contributed by atoms with Gasteiger partial charge in [-0.05, 0) is 30.0 Å². The van der Waals surface area contributed by atoms with E-state index in [0.717, 1.165) is 12.0 Å². The van der Waals surface area contributed by atoms with E-state index >= 15 is 0 Å². The largest absolute Gasteiger partial charge is 0.480 e. The van der Waals surface area contributed by atoms with E-state index in [1.807, 2.05) is 31.2 Å². The fourth-order valence-electron chi connectivity index (χ4n) is 2.99. The quantitative estimate of drug-likeness (QED) is 0.865. The number of hydrogen-bond acceptors (Lipinski definition) is 3. The van der Waals surface area contributed by atoms with Gasteiger partial charge in [0.2, 0.25) is 5.91 Å². The molecule has 3 unspecified atom stereocenters. The van der Waals surface area contributed by atoms with Crippen molar-refractivity contribution >= 4 is 23.5 Å². The summed E-state index contributed by atoms with van der Waals surface area (Å²) >= 11 is 5.86. The summed E-state index contributed by atoms with van der Waals surface area (Å²) in [6, 6.07) is 6.76. The van der Waals surface area contributed by atoms with Gasteiger partial charge in [0, 0.05) is 31.5 Å². The molecule has 0 radical (unpaired) electrons. The minimum absolute atomic E-state index is 0.125. The predicted octanol–water partition coefficient (Wildman–Crippen LogP) is 2.61. The maximum atomic E-state index is 12.5. The molecule has 6 heteroatoms. The van der Waals surface area contributed by atoms with Crippen LogP contribution in [0.3, 0.4) is 0 Å². The molecule has 1 saturated heterocycles. The van der Waals surface area contributed by atoms with Crippen LogP contribution >= 0.6 is 11.6 Å². The number of carbonyl (C=O) groups is 2. The van der Waals surface area contributed by atoms with Gasteiger partial charge in [0.15, 0.2) is 0 Å². The number of methoxy groups -OCH3 is 1. The second-order valence-corrected chi connectivity index (χ2v) is 6.57. The Morgan fingerprint density at radius 2 is 2.04 bits per heavy atom. The molecule has 1 heterocycles. The third-order valence-electron chi connectivity index (χ3n) is 4.22. The van der Waals surface area contributed by atoms with Crippen molar-refractivity contribution in [3.05, 3.63) is 34.9 Å². The van der Waals surface area contributed by atoms with Gasteiger partial charge in [-0.1, -0.05) is 30.7 Å². The van der Waals surface area contributed by atoms with Gasteiger partial charge >= 0.3 is 5.97 Å². The molecule has 1 amide bonds. The first-order chi connectivity index (χ1) is 10.9. The molecule has 2 rings (SSSR count). The highest BCUT2D eigenvalue weighted by molar-refractivity contribution is 6.30. The Bertz CT molecular complexity index is 560. The van der Waals surface area contributed by atoms with Crippen LogP contribution in [0.2, 0.25) is 5.02 Å². The molecule has 0 aromatic heterocycles. The molecule has 1 N–H and O–H groups in total. The van der Waals surface area contributed by atoms with E-state index in [1.54, 1.807) is 7.11 Å². The minimum Gasteiger partial charge on any atom is -0.480 e. The second kappa shape index (κ2) is 7.79. The highest BCUT2D eigenvalue weighted by Crippen LogP contribution is 2.23. The molecule has 0 saturated carbocycles. The molecular weight excluding hydrogens is 318 g/mol. The predicted molar refractivity (Wildman–Crippen MR) is 87.5 cm³/mol. The number of rotatable bonds is 6. The van der Waals surface area contributed by atoms with E-state index in [-0.39, 0.29) is 17.9 Å². The first kappa shape index (κ1) is 17.8. The number of nitrogens with zero attached hydrogens (tertiary/aromatic N) is 1. The van der Waals surface area contributed by atoms with Crippen molar-refractivity contribution in [3.63, 3.8) is 0 Å². The summed E-state index contributed by atoms with van der Waals surface area (Å²) in [4.78, 5) is 25.2. The lowest BCUT2D eigenvalue weighted by molar-refractivity contribution is -0.148. The van der Waals surface area contributed by atoms with Crippen LogP contribution in [0.1, 0.15) is 25.3 Å². The van der Waals surface area contributed by atoms with Gasteiger partial charge in [0.1, 0.15) is 6.04 Å². The monoisotopic (exact) mass is 339 g/mol. The number of carbonyl (C=O) groups excluding carboxylic acids is 1. The zero-order valence-corrected chi connectivity index (χ0v) is 14.1. The number of amides is 1.